The van der Waals surface area contributed by atoms with Gasteiger partial charge in [0.1, 0.15) is 12.1 Å². The summed E-state index contributed by atoms with van der Waals surface area (Å²) in [5.74, 6) is 1.33. The van der Waals surface area contributed by atoms with Crippen molar-refractivity contribution in [1.29, 1.82) is 0 Å². The zero-order chi connectivity index (χ0) is 20.4. The van der Waals surface area contributed by atoms with Gasteiger partial charge in [-0.25, -0.2) is 9.97 Å². The highest BCUT2D eigenvalue weighted by Gasteiger charge is 2.29. The molecule has 0 aliphatic carbocycles. The molecule has 9 heteroatoms. The molecule has 1 N–H and O–H groups in total. The van der Waals surface area contributed by atoms with Crippen molar-refractivity contribution in [3.63, 3.8) is 0 Å². The topological polar surface area (TPSA) is 105 Å². The minimum absolute atomic E-state index is 0.584. The van der Waals surface area contributed by atoms with Crippen molar-refractivity contribution in [2.75, 3.05) is 11.9 Å². The van der Waals surface area contributed by atoms with Gasteiger partial charge in [0.15, 0.2) is 0 Å². The Balaban J connectivity index is 1.37. The van der Waals surface area contributed by atoms with Crippen LogP contribution in [0, 0.1) is 0 Å². The predicted molar refractivity (Wildman–Crippen MR) is 112 cm³/mol. The van der Waals surface area contributed by atoms with Crippen molar-refractivity contribution in [1.82, 2.24) is 19.5 Å². The number of nitrogens with zero attached hydrogens (tertiary/aromatic N) is 8. The molecule has 1 aliphatic rings. The SMILES string of the molecule is CC1(c2ccc3c(c2)ncn3-c2ccnc(NCCc3ccccc3)n2)N=NN=N1. The second-order valence-electron chi connectivity index (χ2n) is 7.12. The van der Waals surface area contributed by atoms with Crippen LogP contribution in [-0.4, -0.2) is 26.1 Å². The van der Waals surface area contributed by atoms with E-state index in [9.17, 15) is 0 Å². The third-order valence-corrected chi connectivity index (χ3v) is 5.04. The van der Waals surface area contributed by atoms with Crippen molar-refractivity contribution < 1.29 is 0 Å². The largest absolute Gasteiger partial charge is 0.354 e. The first kappa shape index (κ1) is 18.0. The van der Waals surface area contributed by atoms with Crippen LogP contribution in [-0.2, 0) is 12.1 Å². The van der Waals surface area contributed by atoms with E-state index >= 15 is 0 Å². The second-order valence-corrected chi connectivity index (χ2v) is 7.12. The van der Waals surface area contributed by atoms with Crippen LogP contribution < -0.4 is 5.32 Å². The van der Waals surface area contributed by atoms with Crippen LogP contribution in [0.25, 0.3) is 16.9 Å². The molecule has 0 fully saturated rings. The number of imidazole rings is 1. The first-order valence-corrected chi connectivity index (χ1v) is 9.64. The highest BCUT2D eigenvalue weighted by atomic mass is 15.6. The van der Waals surface area contributed by atoms with E-state index in [4.69, 9.17) is 0 Å². The summed E-state index contributed by atoms with van der Waals surface area (Å²) in [4.78, 5) is 13.5. The summed E-state index contributed by atoms with van der Waals surface area (Å²) in [6.07, 6.45) is 4.40. The van der Waals surface area contributed by atoms with Crippen molar-refractivity contribution in [2.45, 2.75) is 19.0 Å². The average molecular weight is 397 g/mol. The maximum Gasteiger partial charge on any atom is 0.224 e. The Labute approximate surface area is 172 Å². The zero-order valence-electron chi connectivity index (χ0n) is 16.3. The van der Waals surface area contributed by atoms with Gasteiger partial charge >= 0.3 is 0 Å². The summed E-state index contributed by atoms with van der Waals surface area (Å²) >= 11 is 0. The van der Waals surface area contributed by atoms with E-state index in [1.807, 2.05) is 54.0 Å². The lowest BCUT2D eigenvalue weighted by molar-refractivity contribution is 0.519. The first-order chi connectivity index (χ1) is 14.7. The summed E-state index contributed by atoms with van der Waals surface area (Å²) in [5, 5.41) is 18.8. The average Bonchev–Trinajstić information content (AvgIpc) is 3.41. The monoisotopic (exact) mass is 397 g/mol. The molecule has 9 nitrogen and oxygen atoms in total. The van der Waals surface area contributed by atoms with Gasteiger partial charge in [0.2, 0.25) is 11.6 Å². The summed E-state index contributed by atoms with van der Waals surface area (Å²) in [6.45, 7) is 2.62. The fraction of sp³-hybridized carbons (Fsp3) is 0.190. The maximum atomic E-state index is 4.64. The molecule has 30 heavy (non-hydrogen) atoms. The number of rotatable bonds is 6. The Bertz CT molecular complexity index is 1230. The minimum atomic E-state index is -0.789. The van der Waals surface area contributed by atoms with Crippen molar-refractivity contribution in [3.8, 4) is 5.82 Å². The third kappa shape index (κ3) is 3.41. The standard InChI is InChI=1S/C21H19N9/c1-21(26-28-29-27-21)16-7-8-18-17(13-16)24-14-30(18)19-10-12-23-20(25-19)22-11-9-15-5-3-2-4-6-15/h2-8,10,12-14H,9,11H2,1H3,(H,22,23,25). The van der Waals surface area contributed by atoms with E-state index in [1.54, 1.807) is 12.5 Å². The van der Waals surface area contributed by atoms with E-state index < -0.39 is 5.66 Å². The van der Waals surface area contributed by atoms with Gasteiger partial charge in [-0.3, -0.25) is 4.57 Å². The smallest absolute Gasteiger partial charge is 0.224 e. The summed E-state index contributed by atoms with van der Waals surface area (Å²) in [7, 11) is 0. The fourth-order valence-corrected chi connectivity index (χ4v) is 3.37. The fourth-order valence-electron chi connectivity index (χ4n) is 3.37. The van der Waals surface area contributed by atoms with Gasteiger partial charge in [-0.1, -0.05) is 36.4 Å². The molecule has 0 spiro atoms. The van der Waals surface area contributed by atoms with Gasteiger partial charge < -0.3 is 5.32 Å². The molecular formula is C21H19N9. The van der Waals surface area contributed by atoms with Crippen LogP contribution in [0.3, 0.4) is 0 Å². The van der Waals surface area contributed by atoms with Gasteiger partial charge in [-0.05, 0) is 47.6 Å². The van der Waals surface area contributed by atoms with Crippen LogP contribution in [0.4, 0.5) is 5.95 Å². The van der Waals surface area contributed by atoms with Crippen LogP contribution in [0.5, 0.6) is 0 Å². The number of nitrogens with one attached hydrogen (secondary N) is 1. The molecule has 5 rings (SSSR count). The molecular weight excluding hydrogens is 378 g/mol. The molecule has 0 saturated carbocycles. The van der Waals surface area contributed by atoms with Crippen LogP contribution >= 0.6 is 0 Å². The van der Waals surface area contributed by atoms with Crippen LogP contribution in [0.2, 0.25) is 0 Å². The molecule has 0 amide bonds. The molecule has 3 heterocycles. The second kappa shape index (κ2) is 7.43. The Kier molecular flexibility index (Phi) is 4.47. The summed E-state index contributed by atoms with van der Waals surface area (Å²) < 4.78 is 1.93. The van der Waals surface area contributed by atoms with E-state index in [2.05, 4.69) is 53.1 Å². The van der Waals surface area contributed by atoms with E-state index in [0.717, 1.165) is 35.4 Å². The van der Waals surface area contributed by atoms with Gasteiger partial charge in [-0.15, -0.1) is 10.2 Å². The van der Waals surface area contributed by atoms with Crippen molar-refractivity contribution >= 4 is 17.0 Å². The quantitative estimate of drug-likeness (QED) is 0.518. The highest BCUT2D eigenvalue weighted by molar-refractivity contribution is 5.78. The normalized spacial score (nSPS) is 14.4. The summed E-state index contributed by atoms with van der Waals surface area (Å²) in [6, 6.07) is 18.1. The Morgan fingerprint density at radius 1 is 0.967 bits per heavy atom. The molecule has 2 aromatic carbocycles. The third-order valence-electron chi connectivity index (χ3n) is 5.04. The molecule has 0 radical (unpaired) electrons. The number of benzene rings is 2. The molecule has 148 valence electrons. The lowest BCUT2D eigenvalue weighted by atomic mass is 10.0. The Morgan fingerprint density at radius 2 is 1.80 bits per heavy atom. The molecule has 4 aromatic rings. The number of fused-ring (bicyclic) bond motifs is 1. The predicted octanol–water partition coefficient (Wildman–Crippen LogP) is 4.48. The van der Waals surface area contributed by atoms with E-state index in [1.165, 1.54) is 5.56 Å². The van der Waals surface area contributed by atoms with Gasteiger partial charge in [-0.2, -0.15) is 4.98 Å². The van der Waals surface area contributed by atoms with Gasteiger partial charge in [0.05, 0.1) is 11.0 Å². The van der Waals surface area contributed by atoms with Crippen molar-refractivity contribution in [3.05, 3.63) is 78.2 Å². The highest BCUT2D eigenvalue weighted by Crippen LogP contribution is 2.33. The maximum absolute atomic E-state index is 4.64. The number of anilines is 1. The zero-order valence-corrected chi connectivity index (χ0v) is 16.3. The molecule has 1 aliphatic heterocycles. The van der Waals surface area contributed by atoms with Gasteiger partial charge in [0.25, 0.3) is 0 Å². The molecule has 2 aromatic heterocycles. The number of aromatic nitrogens is 4. The number of hydrogen-bond donors (Lipinski definition) is 1. The Hall–Kier alpha value is -4.01. The lowest BCUT2D eigenvalue weighted by Crippen LogP contribution is -2.12. The molecule has 0 unspecified atom stereocenters. The Morgan fingerprint density at radius 3 is 2.63 bits per heavy atom. The van der Waals surface area contributed by atoms with Gasteiger partial charge in [0, 0.05) is 18.3 Å². The van der Waals surface area contributed by atoms with E-state index in [-0.39, 0.29) is 0 Å². The number of hydrogen-bond acceptors (Lipinski definition) is 8. The summed E-state index contributed by atoms with van der Waals surface area (Å²) in [5.41, 5.74) is 3.12. The lowest BCUT2D eigenvalue weighted by Gasteiger charge is -2.13. The first-order valence-electron chi connectivity index (χ1n) is 9.64. The minimum Gasteiger partial charge on any atom is -0.354 e. The molecule has 0 bridgehead atoms. The molecule has 0 atom stereocenters. The van der Waals surface area contributed by atoms with E-state index in [0.29, 0.717) is 5.95 Å². The van der Waals surface area contributed by atoms with Crippen LogP contribution in [0.1, 0.15) is 18.1 Å². The molecule has 0 saturated heterocycles. The van der Waals surface area contributed by atoms with Crippen LogP contribution in [0.15, 0.2) is 87.8 Å². The van der Waals surface area contributed by atoms with Crippen molar-refractivity contribution in [2.24, 2.45) is 20.7 Å².